The van der Waals surface area contributed by atoms with Crippen LogP contribution in [0.15, 0.2) is 42.7 Å². The second-order valence-electron chi connectivity index (χ2n) is 7.82. The number of anilines is 2. The first-order valence-electron chi connectivity index (χ1n) is 10.7. The number of likely N-dealkylation sites (tertiary alicyclic amines) is 1. The van der Waals surface area contributed by atoms with Gasteiger partial charge in [0.2, 0.25) is 0 Å². The number of hydrogen-bond acceptors (Lipinski definition) is 5. The lowest BCUT2D eigenvalue weighted by Crippen LogP contribution is -2.32. The van der Waals surface area contributed by atoms with Crippen LogP contribution in [0.5, 0.6) is 0 Å². The van der Waals surface area contributed by atoms with Crippen LogP contribution in [0.1, 0.15) is 44.9 Å². The summed E-state index contributed by atoms with van der Waals surface area (Å²) in [6.45, 7) is 3.32. The van der Waals surface area contributed by atoms with Gasteiger partial charge in [0.1, 0.15) is 5.69 Å². The molecule has 0 unspecified atom stereocenters. The molecule has 1 fully saturated rings. The van der Waals surface area contributed by atoms with Crippen LogP contribution in [-0.4, -0.2) is 39.9 Å². The van der Waals surface area contributed by atoms with Crippen molar-refractivity contribution in [2.24, 2.45) is 0 Å². The number of nitrogens with one attached hydrogen (secondary N) is 2. The van der Waals surface area contributed by atoms with Crippen molar-refractivity contribution < 1.29 is 22.8 Å². The molecule has 3 heterocycles. The number of amides is 3. The van der Waals surface area contributed by atoms with E-state index in [9.17, 15) is 22.8 Å². The Morgan fingerprint density at radius 3 is 2.57 bits per heavy atom. The van der Waals surface area contributed by atoms with Gasteiger partial charge in [-0.05, 0) is 55.5 Å². The average molecular weight is 500 g/mol. The number of nitrogens with zero attached hydrogens (tertiary/aromatic N) is 3. The van der Waals surface area contributed by atoms with Crippen LogP contribution in [0.2, 0.25) is 0 Å². The third-order valence-electron chi connectivity index (χ3n) is 5.25. The molecule has 1 aromatic carbocycles. The number of aryl methyl sites for hydroxylation is 1. The van der Waals surface area contributed by atoms with E-state index in [1.165, 1.54) is 11.3 Å². The molecule has 11 heteroatoms. The number of thiazole rings is 1. The van der Waals surface area contributed by atoms with Gasteiger partial charge in [0.15, 0.2) is 5.13 Å². The van der Waals surface area contributed by atoms with Gasteiger partial charge in [-0.3, -0.25) is 15.1 Å². The number of carbonyl (C=O) groups is 2. The van der Waals surface area contributed by atoms with Gasteiger partial charge in [-0.25, -0.2) is 9.78 Å². The minimum absolute atomic E-state index is 0.175. The third kappa shape index (κ3) is 6.16. The summed E-state index contributed by atoms with van der Waals surface area (Å²) in [5.41, 5.74) is 0.539. The number of urea groups is 1. The Morgan fingerprint density at radius 2 is 1.83 bits per heavy atom. The van der Waals surface area contributed by atoms with Crippen molar-refractivity contribution in [2.45, 2.75) is 25.9 Å². The van der Waals surface area contributed by atoms with Crippen molar-refractivity contribution in [3.05, 3.63) is 70.0 Å². The van der Waals surface area contributed by atoms with Gasteiger partial charge in [0.05, 0.1) is 16.6 Å². The van der Waals surface area contributed by atoms with Gasteiger partial charge in [0.25, 0.3) is 5.91 Å². The van der Waals surface area contributed by atoms with E-state index in [0.717, 1.165) is 43.8 Å². The summed E-state index contributed by atoms with van der Waals surface area (Å²) in [4.78, 5) is 34.9. The molecular weight excluding hydrogens is 479 g/mol. The highest BCUT2D eigenvalue weighted by atomic mass is 32.1. The Hall–Kier alpha value is -3.91. The third-order valence-corrected chi connectivity index (χ3v) is 6.08. The second kappa shape index (κ2) is 10.1. The van der Waals surface area contributed by atoms with Crippen molar-refractivity contribution in [3.63, 3.8) is 0 Å². The number of rotatable bonds is 3. The Balaban J connectivity index is 1.45. The molecule has 1 aliphatic rings. The molecule has 0 saturated carbocycles. The Kier molecular flexibility index (Phi) is 7.02. The summed E-state index contributed by atoms with van der Waals surface area (Å²) < 4.78 is 38.7. The van der Waals surface area contributed by atoms with E-state index < -0.39 is 17.6 Å². The first-order valence-corrected chi connectivity index (χ1v) is 11.5. The minimum Gasteiger partial charge on any atom is -0.324 e. The zero-order chi connectivity index (χ0) is 25.0. The fraction of sp³-hybridized carbons (Fsp3) is 0.250. The smallest absolute Gasteiger partial charge is 0.324 e. The van der Waals surface area contributed by atoms with Crippen LogP contribution < -0.4 is 10.6 Å². The van der Waals surface area contributed by atoms with Crippen LogP contribution in [-0.2, 0) is 6.18 Å². The van der Waals surface area contributed by atoms with E-state index in [0.29, 0.717) is 27.3 Å². The minimum atomic E-state index is -4.57. The highest BCUT2D eigenvalue weighted by Gasteiger charge is 2.31. The molecule has 7 nitrogen and oxygen atoms in total. The van der Waals surface area contributed by atoms with Gasteiger partial charge in [-0.1, -0.05) is 23.3 Å². The predicted octanol–water partition coefficient (Wildman–Crippen LogP) is 5.15. The zero-order valence-electron chi connectivity index (χ0n) is 18.6. The molecular formula is C24H20F3N5O2S. The standard InChI is InChI=1S/C24H20F3N5O2S/c1-15-4-6-18(30-21(33)20-13-17(8-9-28-20)24(25,26)27)12-16(15)5-7-19-14-29-22(35-19)31-23(34)32-10-2-3-11-32/h4,6,8-9,12-14H,2-3,10-11H2,1H3,(H,30,33)(H,29,31,34). The molecule has 0 atom stereocenters. The summed E-state index contributed by atoms with van der Waals surface area (Å²) in [5, 5.41) is 5.79. The fourth-order valence-corrected chi connectivity index (χ4v) is 4.03. The maximum absolute atomic E-state index is 12.9. The molecule has 1 saturated heterocycles. The molecule has 3 amide bonds. The number of carbonyl (C=O) groups excluding carboxylic acids is 2. The highest BCUT2D eigenvalue weighted by Crippen LogP contribution is 2.29. The zero-order valence-corrected chi connectivity index (χ0v) is 19.4. The van der Waals surface area contributed by atoms with Gasteiger partial charge < -0.3 is 10.2 Å². The second-order valence-corrected chi connectivity index (χ2v) is 8.85. The van der Waals surface area contributed by atoms with E-state index in [4.69, 9.17) is 0 Å². The molecule has 0 aliphatic carbocycles. The summed E-state index contributed by atoms with van der Waals surface area (Å²) in [6, 6.07) is 6.34. The predicted molar refractivity (Wildman–Crippen MR) is 126 cm³/mol. The Morgan fingerprint density at radius 1 is 1.06 bits per heavy atom. The highest BCUT2D eigenvalue weighted by molar-refractivity contribution is 7.16. The fourth-order valence-electron chi connectivity index (χ4n) is 3.37. The molecule has 4 rings (SSSR count). The summed E-state index contributed by atoms with van der Waals surface area (Å²) in [6.07, 6.45) is -0.0645. The van der Waals surface area contributed by atoms with Crippen LogP contribution >= 0.6 is 11.3 Å². The van der Waals surface area contributed by atoms with Crippen molar-refractivity contribution in [1.82, 2.24) is 14.9 Å². The summed E-state index contributed by atoms with van der Waals surface area (Å²) >= 11 is 1.25. The summed E-state index contributed by atoms with van der Waals surface area (Å²) in [5.74, 6) is 5.24. The van der Waals surface area contributed by atoms with Crippen molar-refractivity contribution >= 4 is 34.1 Å². The van der Waals surface area contributed by atoms with E-state index in [1.54, 1.807) is 29.3 Å². The quantitative estimate of drug-likeness (QED) is 0.489. The Bertz CT molecular complexity index is 1320. The molecule has 35 heavy (non-hydrogen) atoms. The van der Waals surface area contributed by atoms with E-state index >= 15 is 0 Å². The van der Waals surface area contributed by atoms with Gasteiger partial charge in [-0.15, -0.1) is 0 Å². The van der Waals surface area contributed by atoms with Gasteiger partial charge in [0, 0.05) is 30.5 Å². The first-order chi connectivity index (χ1) is 16.7. The van der Waals surface area contributed by atoms with E-state index in [1.807, 2.05) is 6.92 Å². The van der Waals surface area contributed by atoms with Crippen LogP contribution in [0.25, 0.3) is 0 Å². The molecule has 3 aromatic rings. The lowest BCUT2D eigenvalue weighted by atomic mass is 10.1. The van der Waals surface area contributed by atoms with Crippen molar-refractivity contribution in [2.75, 3.05) is 23.7 Å². The largest absolute Gasteiger partial charge is 0.416 e. The number of halogens is 3. The maximum atomic E-state index is 12.9. The molecule has 0 radical (unpaired) electrons. The maximum Gasteiger partial charge on any atom is 0.416 e. The normalized spacial score (nSPS) is 13.2. The van der Waals surface area contributed by atoms with Gasteiger partial charge in [-0.2, -0.15) is 13.2 Å². The first kappa shape index (κ1) is 24.2. The van der Waals surface area contributed by atoms with Crippen molar-refractivity contribution in [3.8, 4) is 11.8 Å². The molecule has 0 bridgehead atoms. The number of pyridine rings is 1. The average Bonchev–Trinajstić information content (AvgIpc) is 3.51. The SMILES string of the molecule is Cc1ccc(NC(=O)c2cc(C(F)(F)F)ccn2)cc1C#Cc1cnc(NC(=O)N2CCCC2)s1. The Labute approximate surface area is 203 Å². The van der Waals surface area contributed by atoms with Crippen molar-refractivity contribution in [1.29, 1.82) is 0 Å². The number of aromatic nitrogens is 2. The molecule has 0 spiro atoms. The molecule has 180 valence electrons. The number of benzene rings is 1. The van der Waals surface area contributed by atoms with E-state index in [-0.39, 0.29) is 11.7 Å². The number of hydrogen-bond donors (Lipinski definition) is 2. The lowest BCUT2D eigenvalue weighted by molar-refractivity contribution is -0.137. The summed E-state index contributed by atoms with van der Waals surface area (Å²) in [7, 11) is 0. The van der Waals surface area contributed by atoms with Crippen LogP contribution in [0.3, 0.4) is 0 Å². The molecule has 2 aromatic heterocycles. The monoisotopic (exact) mass is 499 g/mol. The van der Waals surface area contributed by atoms with Gasteiger partial charge >= 0.3 is 12.2 Å². The van der Waals surface area contributed by atoms with Crippen LogP contribution in [0, 0.1) is 18.8 Å². The topological polar surface area (TPSA) is 87.2 Å². The van der Waals surface area contributed by atoms with Crippen LogP contribution in [0.4, 0.5) is 28.8 Å². The van der Waals surface area contributed by atoms with E-state index in [2.05, 4.69) is 32.4 Å². The molecule has 2 N–H and O–H groups in total. The molecule has 1 aliphatic heterocycles. The number of alkyl halides is 3. The lowest BCUT2D eigenvalue weighted by Gasteiger charge is -2.14.